The molecule has 0 saturated carbocycles. The van der Waals surface area contributed by atoms with E-state index in [-0.39, 0.29) is 0 Å². The van der Waals surface area contributed by atoms with Crippen LogP contribution >= 0.6 is 0 Å². The number of hydrogen-bond acceptors (Lipinski definition) is 2. The molecule has 0 aliphatic carbocycles. The molecule has 0 amide bonds. The lowest BCUT2D eigenvalue weighted by molar-refractivity contribution is 0.827. The largest absolute Gasteiger partial charge is 0.341 e. The number of hydrogen-bond donors (Lipinski definition) is 2. The van der Waals surface area contributed by atoms with Gasteiger partial charge in [0.15, 0.2) is 0 Å². The summed E-state index contributed by atoms with van der Waals surface area (Å²) in [7, 11) is 0. The normalized spacial score (nSPS) is 11.6. The second kappa shape index (κ2) is 5.34. The van der Waals surface area contributed by atoms with Crippen molar-refractivity contribution in [1.82, 2.24) is 25.0 Å². The van der Waals surface area contributed by atoms with Crippen LogP contribution in [0.4, 0.5) is 0 Å². The highest BCUT2D eigenvalue weighted by Crippen LogP contribution is 2.34. The Morgan fingerprint density at radius 3 is 1.68 bits per heavy atom. The molecule has 5 rings (SSSR count). The van der Waals surface area contributed by atoms with Gasteiger partial charge in [-0.1, -0.05) is 12.1 Å². The number of nitrogens with one attached hydrogen (secondary N) is 2. The van der Waals surface area contributed by atoms with Crippen LogP contribution in [0.5, 0.6) is 0 Å². The Labute approximate surface area is 144 Å². The molecule has 25 heavy (non-hydrogen) atoms. The van der Waals surface area contributed by atoms with Crippen LogP contribution in [0.3, 0.4) is 0 Å². The fraction of sp³-hybridized carbons (Fsp3) is 0.100. The smallest absolute Gasteiger partial charge is 0.0650 e. The molecular formula is C20H17N5. The summed E-state index contributed by atoms with van der Waals surface area (Å²) in [4.78, 5) is 0. The highest BCUT2D eigenvalue weighted by Gasteiger charge is 2.12. The zero-order valence-electron chi connectivity index (χ0n) is 13.8. The molecule has 0 spiro atoms. The van der Waals surface area contributed by atoms with Crippen LogP contribution in [0, 0.1) is 0 Å². The first-order valence-electron chi connectivity index (χ1n) is 8.40. The Hall–Kier alpha value is -3.34. The van der Waals surface area contributed by atoms with Crippen molar-refractivity contribution in [3.8, 4) is 22.5 Å². The van der Waals surface area contributed by atoms with Crippen LogP contribution in [0.25, 0.3) is 44.3 Å². The monoisotopic (exact) mass is 327 g/mol. The second-order valence-electron chi connectivity index (χ2n) is 6.15. The maximum absolute atomic E-state index is 4.07. The molecule has 5 heteroatoms. The fourth-order valence-electron chi connectivity index (χ4n) is 3.61. The Morgan fingerprint density at radius 1 is 0.760 bits per heavy atom. The van der Waals surface area contributed by atoms with Crippen molar-refractivity contribution in [2.24, 2.45) is 0 Å². The molecular weight excluding hydrogens is 310 g/mol. The highest BCUT2D eigenvalue weighted by atomic mass is 15.1. The predicted octanol–water partition coefficient (Wildman–Crippen LogP) is 4.59. The third kappa shape index (κ3) is 2.09. The zero-order chi connectivity index (χ0) is 16.8. The lowest BCUT2D eigenvalue weighted by Crippen LogP contribution is -1.92. The van der Waals surface area contributed by atoms with Crippen molar-refractivity contribution in [2.75, 3.05) is 0 Å². The van der Waals surface area contributed by atoms with E-state index < -0.39 is 0 Å². The van der Waals surface area contributed by atoms with Crippen LogP contribution in [0.15, 0.2) is 60.9 Å². The molecule has 0 bridgehead atoms. The van der Waals surface area contributed by atoms with E-state index in [9.17, 15) is 0 Å². The van der Waals surface area contributed by atoms with E-state index in [4.69, 9.17) is 0 Å². The predicted molar refractivity (Wildman–Crippen MR) is 100 cm³/mol. The Bertz CT molecular complexity index is 1070. The van der Waals surface area contributed by atoms with E-state index >= 15 is 0 Å². The minimum absolute atomic E-state index is 0.937. The third-order valence-electron chi connectivity index (χ3n) is 4.80. The topological polar surface area (TPSA) is 62.3 Å². The number of aromatic amines is 2. The van der Waals surface area contributed by atoms with Crippen molar-refractivity contribution in [2.45, 2.75) is 13.5 Å². The number of aromatic nitrogens is 5. The third-order valence-corrected chi connectivity index (χ3v) is 4.80. The standard InChI is InChI=1S/C20H17N5/c1-2-25-19-5-3-13(17-7-9-21-23-17)11-15(19)16-12-14(4-6-20(16)25)18-8-10-22-24-18/h3-12H,2H2,1H3,(H,21,23)(H,22,24). The summed E-state index contributed by atoms with van der Waals surface area (Å²) < 4.78 is 2.36. The van der Waals surface area contributed by atoms with Gasteiger partial charge in [-0.05, 0) is 43.3 Å². The van der Waals surface area contributed by atoms with Gasteiger partial charge in [-0.15, -0.1) is 0 Å². The van der Waals surface area contributed by atoms with Crippen LogP contribution in [0.2, 0.25) is 0 Å². The summed E-state index contributed by atoms with van der Waals surface area (Å²) in [6.07, 6.45) is 3.57. The lowest BCUT2D eigenvalue weighted by atomic mass is 10.0. The first kappa shape index (κ1) is 14.0. The van der Waals surface area contributed by atoms with Crippen LogP contribution in [-0.4, -0.2) is 25.0 Å². The zero-order valence-corrected chi connectivity index (χ0v) is 13.8. The summed E-state index contributed by atoms with van der Waals surface area (Å²) >= 11 is 0. The first-order valence-corrected chi connectivity index (χ1v) is 8.40. The van der Waals surface area contributed by atoms with E-state index in [2.05, 4.69) is 68.3 Å². The van der Waals surface area contributed by atoms with Crippen LogP contribution in [0.1, 0.15) is 6.92 Å². The molecule has 5 nitrogen and oxygen atoms in total. The number of H-pyrrole nitrogens is 2. The molecule has 0 aliphatic heterocycles. The van der Waals surface area contributed by atoms with E-state index in [1.54, 1.807) is 12.4 Å². The number of aryl methyl sites for hydroxylation is 1. The van der Waals surface area contributed by atoms with Crippen molar-refractivity contribution in [3.05, 3.63) is 60.9 Å². The number of nitrogens with zero attached hydrogens (tertiary/aromatic N) is 3. The fourth-order valence-corrected chi connectivity index (χ4v) is 3.61. The molecule has 0 aliphatic rings. The molecule has 122 valence electrons. The summed E-state index contributed by atoms with van der Waals surface area (Å²) in [6, 6.07) is 17.2. The van der Waals surface area contributed by atoms with Gasteiger partial charge in [0.1, 0.15) is 0 Å². The Kier molecular flexibility index (Phi) is 3.00. The number of rotatable bonds is 3. The van der Waals surface area contributed by atoms with Gasteiger partial charge in [0.25, 0.3) is 0 Å². The second-order valence-corrected chi connectivity index (χ2v) is 6.15. The lowest BCUT2D eigenvalue weighted by Gasteiger charge is -2.04. The van der Waals surface area contributed by atoms with Gasteiger partial charge >= 0.3 is 0 Å². The van der Waals surface area contributed by atoms with Crippen molar-refractivity contribution >= 4 is 21.8 Å². The Morgan fingerprint density at radius 2 is 1.28 bits per heavy atom. The molecule has 3 aromatic heterocycles. The first-order chi connectivity index (χ1) is 12.3. The molecule has 2 N–H and O–H groups in total. The van der Waals surface area contributed by atoms with Crippen molar-refractivity contribution in [3.63, 3.8) is 0 Å². The minimum atomic E-state index is 0.937. The van der Waals surface area contributed by atoms with E-state index in [1.807, 2.05) is 12.1 Å². The van der Waals surface area contributed by atoms with Gasteiger partial charge in [0, 0.05) is 51.9 Å². The molecule has 0 fully saturated rings. The molecule has 0 unspecified atom stereocenters. The summed E-state index contributed by atoms with van der Waals surface area (Å²) in [5.74, 6) is 0. The van der Waals surface area contributed by atoms with E-state index in [0.29, 0.717) is 0 Å². The highest BCUT2D eigenvalue weighted by molar-refractivity contribution is 6.10. The quantitative estimate of drug-likeness (QED) is 0.509. The molecule has 0 atom stereocenters. The van der Waals surface area contributed by atoms with Crippen LogP contribution in [-0.2, 0) is 6.54 Å². The van der Waals surface area contributed by atoms with Crippen molar-refractivity contribution in [1.29, 1.82) is 0 Å². The summed E-state index contributed by atoms with van der Waals surface area (Å²) in [6.45, 7) is 3.12. The van der Waals surface area contributed by atoms with Crippen LogP contribution < -0.4 is 0 Å². The number of benzene rings is 2. The number of fused-ring (bicyclic) bond motifs is 3. The van der Waals surface area contributed by atoms with Gasteiger partial charge < -0.3 is 4.57 Å². The average molecular weight is 327 g/mol. The van der Waals surface area contributed by atoms with Gasteiger partial charge in [-0.2, -0.15) is 10.2 Å². The van der Waals surface area contributed by atoms with Crippen molar-refractivity contribution < 1.29 is 0 Å². The molecule has 0 radical (unpaired) electrons. The van der Waals surface area contributed by atoms with Gasteiger partial charge in [0.05, 0.1) is 11.4 Å². The van der Waals surface area contributed by atoms with Gasteiger partial charge in [-0.3, -0.25) is 10.2 Å². The van der Waals surface area contributed by atoms with E-state index in [1.165, 1.54) is 21.8 Å². The molecule has 3 heterocycles. The van der Waals surface area contributed by atoms with E-state index in [0.717, 1.165) is 29.1 Å². The maximum Gasteiger partial charge on any atom is 0.0650 e. The maximum atomic E-state index is 4.07. The molecule has 2 aromatic carbocycles. The SMILES string of the molecule is CCn1c2ccc(-c3ccn[nH]3)cc2c2cc(-c3ccn[nH]3)ccc21. The summed E-state index contributed by atoms with van der Waals surface area (Å²) in [5, 5.41) is 16.7. The average Bonchev–Trinajstić information content (AvgIpc) is 3.40. The Balaban J connectivity index is 1.82. The van der Waals surface area contributed by atoms with Gasteiger partial charge in [-0.25, -0.2) is 0 Å². The summed E-state index contributed by atoms with van der Waals surface area (Å²) in [5.41, 5.74) is 6.86. The minimum Gasteiger partial charge on any atom is -0.341 e. The molecule has 5 aromatic rings. The molecule has 0 saturated heterocycles. The van der Waals surface area contributed by atoms with Gasteiger partial charge in [0.2, 0.25) is 0 Å².